The number of aryl methyl sites for hydroxylation is 1. The number of Topliss-reactive ketones (excluding diaryl/α,β-unsaturated/α-hetero) is 1. The van der Waals surface area contributed by atoms with Crippen molar-refractivity contribution in [3.05, 3.63) is 94.4 Å². The van der Waals surface area contributed by atoms with Crippen molar-refractivity contribution in [1.82, 2.24) is 14.1 Å². The van der Waals surface area contributed by atoms with Crippen LogP contribution in [0.15, 0.2) is 75.8 Å². The molecule has 0 saturated carbocycles. The molecule has 0 aliphatic heterocycles. The number of allylic oxidation sites excluding steroid dienone is 1. The van der Waals surface area contributed by atoms with Crippen LogP contribution in [0.5, 0.6) is 0 Å². The monoisotopic (exact) mass is 433 g/mol. The molecule has 3 heterocycles. The predicted octanol–water partition coefficient (Wildman–Crippen LogP) is 4.62. The van der Waals surface area contributed by atoms with Gasteiger partial charge < -0.3 is 8.98 Å². The van der Waals surface area contributed by atoms with Crippen molar-refractivity contribution in [3.8, 4) is 0 Å². The number of benzene rings is 1. The highest BCUT2D eigenvalue weighted by Gasteiger charge is 2.18. The molecule has 0 saturated heterocycles. The summed E-state index contributed by atoms with van der Waals surface area (Å²) in [4.78, 5) is 30.5. The summed E-state index contributed by atoms with van der Waals surface area (Å²) in [6.07, 6.45) is 3.30. The topological polar surface area (TPSA) is 70.0 Å². The van der Waals surface area contributed by atoms with Crippen LogP contribution in [-0.2, 0) is 13.1 Å². The number of nitrogens with zero attached hydrogens (tertiary/aromatic N) is 3. The van der Waals surface area contributed by atoms with Gasteiger partial charge in [-0.1, -0.05) is 30.0 Å². The summed E-state index contributed by atoms with van der Waals surface area (Å²) in [6, 6.07) is 12.9. The van der Waals surface area contributed by atoms with E-state index < -0.39 is 0 Å². The number of rotatable bonds is 8. The van der Waals surface area contributed by atoms with Crippen LogP contribution in [0.4, 0.5) is 0 Å². The molecule has 0 amide bonds. The Balaban J connectivity index is 1.59. The maximum Gasteiger partial charge on any atom is 0.262 e. The number of aromatic nitrogens is 3. The Labute approximate surface area is 184 Å². The third-order valence-electron chi connectivity index (χ3n) is 5.24. The standard InChI is InChI=1S/C24H23N3O3S/c1-4-11-26-23(29)19-9-5-6-10-21(19)25-24(26)31-15-22(28)20-13-16(2)27(17(20)3)14-18-8-7-12-30-18/h4-10,12-13H,1,11,14-15H2,2-3H3. The minimum absolute atomic E-state index is 0.00337. The molecule has 0 bridgehead atoms. The molecule has 3 aromatic heterocycles. The lowest BCUT2D eigenvalue weighted by atomic mass is 10.2. The largest absolute Gasteiger partial charge is 0.467 e. The first-order chi connectivity index (χ1) is 15.0. The molecule has 0 unspecified atom stereocenters. The molecule has 4 rings (SSSR count). The molecule has 0 radical (unpaired) electrons. The average Bonchev–Trinajstić information content (AvgIpc) is 3.38. The molecule has 158 valence electrons. The molecule has 0 atom stereocenters. The van der Waals surface area contributed by atoms with Crippen molar-refractivity contribution in [2.45, 2.75) is 32.1 Å². The lowest BCUT2D eigenvalue weighted by Gasteiger charge is -2.11. The Morgan fingerprint density at radius 2 is 2.00 bits per heavy atom. The van der Waals surface area contributed by atoms with E-state index in [0.717, 1.165) is 17.1 Å². The van der Waals surface area contributed by atoms with Gasteiger partial charge in [0.2, 0.25) is 0 Å². The van der Waals surface area contributed by atoms with Gasteiger partial charge in [-0.05, 0) is 44.2 Å². The zero-order valence-corrected chi connectivity index (χ0v) is 18.3. The van der Waals surface area contributed by atoms with E-state index in [-0.39, 0.29) is 17.1 Å². The Bertz CT molecular complexity index is 1320. The molecule has 4 aromatic rings. The van der Waals surface area contributed by atoms with E-state index >= 15 is 0 Å². The fourth-order valence-electron chi connectivity index (χ4n) is 3.64. The Morgan fingerprint density at radius 1 is 1.19 bits per heavy atom. The van der Waals surface area contributed by atoms with Gasteiger partial charge in [0.1, 0.15) is 5.76 Å². The highest BCUT2D eigenvalue weighted by atomic mass is 32.2. The molecule has 1 aromatic carbocycles. The molecule has 0 aliphatic rings. The Kier molecular flexibility index (Phi) is 5.95. The zero-order chi connectivity index (χ0) is 22.0. The first-order valence-electron chi connectivity index (χ1n) is 9.95. The summed E-state index contributed by atoms with van der Waals surface area (Å²) in [5.41, 5.74) is 3.07. The summed E-state index contributed by atoms with van der Waals surface area (Å²) in [7, 11) is 0. The number of furan rings is 1. The van der Waals surface area contributed by atoms with Crippen LogP contribution in [0, 0.1) is 13.8 Å². The van der Waals surface area contributed by atoms with E-state index in [0.29, 0.717) is 34.7 Å². The number of carbonyl (C=O) groups is 1. The molecule has 6 nitrogen and oxygen atoms in total. The SMILES string of the molecule is C=CCn1c(SCC(=O)c2cc(C)n(Cc3ccco3)c2C)nc2ccccc2c1=O. The van der Waals surface area contributed by atoms with Crippen LogP contribution in [0.25, 0.3) is 10.9 Å². The number of ketones is 1. The van der Waals surface area contributed by atoms with Crippen molar-refractivity contribution in [2.24, 2.45) is 0 Å². The van der Waals surface area contributed by atoms with Crippen LogP contribution in [0.2, 0.25) is 0 Å². The first kappa shape index (κ1) is 20.9. The van der Waals surface area contributed by atoms with E-state index in [1.807, 2.05) is 50.2 Å². The minimum atomic E-state index is -0.128. The molecular weight excluding hydrogens is 410 g/mol. The van der Waals surface area contributed by atoms with Crippen molar-refractivity contribution in [1.29, 1.82) is 0 Å². The van der Waals surface area contributed by atoms with Gasteiger partial charge in [0.25, 0.3) is 5.56 Å². The predicted molar refractivity (Wildman–Crippen MR) is 123 cm³/mol. The van der Waals surface area contributed by atoms with Crippen LogP contribution in [0.3, 0.4) is 0 Å². The van der Waals surface area contributed by atoms with Gasteiger partial charge in [-0.3, -0.25) is 14.2 Å². The van der Waals surface area contributed by atoms with Gasteiger partial charge in [-0.25, -0.2) is 4.98 Å². The van der Waals surface area contributed by atoms with Gasteiger partial charge in [0.15, 0.2) is 10.9 Å². The summed E-state index contributed by atoms with van der Waals surface area (Å²) in [5.74, 6) is 1.02. The van der Waals surface area contributed by atoms with Gasteiger partial charge in [0.05, 0.1) is 29.5 Å². The van der Waals surface area contributed by atoms with E-state index in [1.54, 1.807) is 23.0 Å². The van der Waals surface area contributed by atoms with E-state index in [9.17, 15) is 9.59 Å². The molecular formula is C24H23N3O3S. The number of para-hydroxylation sites is 1. The molecule has 0 fully saturated rings. The van der Waals surface area contributed by atoms with Gasteiger partial charge >= 0.3 is 0 Å². The lowest BCUT2D eigenvalue weighted by Crippen LogP contribution is -2.23. The van der Waals surface area contributed by atoms with Crippen LogP contribution >= 0.6 is 11.8 Å². The van der Waals surface area contributed by atoms with Crippen molar-refractivity contribution in [2.75, 3.05) is 5.75 Å². The third kappa shape index (κ3) is 4.14. The number of hydrogen-bond acceptors (Lipinski definition) is 5. The fourth-order valence-corrected chi connectivity index (χ4v) is 4.53. The summed E-state index contributed by atoms with van der Waals surface area (Å²) < 4.78 is 9.08. The summed E-state index contributed by atoms with van der Waals surface area (Å²) >= 11 is 1.27. The van der Waals surface area contributed by atoms with Gasteiger partial charge in [-0.2, -0.15) is 0 Å². The second-order valence-electron chi connectivity index (χ2n) is 7.28. The molecule has 0 N–H and O–H groups in total. The third-order valence-corrected chi connectivity index (χ3v) is 6.22. The maximum absolute atomic E-state index is 13.0. The Morgan fingerprint density at radius 3 is 2.74 bits per heavy atom. The van der Waals surface area contributed by atoms with E-state index in [1.165, 1.54) is 11.8 Å². The normalized spacial score (nSPS) is 11.2. The second kappa shape index (κ2) is 8.81. The van der Waals surface area contributed by atoms with Crippen molar-refractivity contribution >= 4 is 28.4 Å². The number of fused-ring (bicyclic) bond motifs is 1. The quantitative estimate of drug-likeness (QED) is 0.176. The smallest absolute Gasteiger partial charge is 0.262 e. The highest BCUT2D eigenvalue weighted by molar-refractivity contribution is 7.99. The minimum Gasteiger partial charge on any atom is -0.467 e. The van der Waals surface area contributed by atoms with Gasteiger partial charge in [-0.15, -0.1) is 6.58 Å². The molecule has 7 heteroatoms. The van der Waals surface area contributed by atoms with Crippen molar-refractivity contribution < 1.29 is 9.21 Å². The molecule has 0 spiro atoms. The number of carbonyl (C=O) groups excluding carboxylic acids is 1. The van der Waals surface area contributed by atoms with Gasteiger partial charge in [0, 0.05) is 23.5 Å². The maximum atomic E-state index is 13.0. The average molecular weight is 434 g/mol. The fraction of sp³-hybridized carbons (Fsp3) is 0.208. The number of thioether (sulfide) groups is 1. The van der Waals surface area contributed by atoms with E-state index in [2.05, 4.69) is 16.1 Å². The zero-order valence-electron chi connectivity index (χ0n) is 17.5. The summed E-state index contributed by atoms with van der Waals surface area (Å²) in [6.45, 7) is 8.58. The van der Waals surface area contributed by atoms with E-state index in [4.69, 9.17) is 4.42 Å². The Hall–Kier alpha value is -3.32. The molecule has 31 heavy (non-hydrogen) atoms. The van der Waals surface area contributed by atoms with Crippen LogP contribution in [-0.4, -0.2) is 25.7 Å². The second-order valence-corrected chi connectivity index (χ2v) is 8.22. The summed E-state index contributed by atoms with van der Waals surface area (Å²) in [5, 5.41) is 1.07. The lowest BCUT2D eigenvalue weighted by molar-refractivity contribution is 0.102. The van der Waals surface area contributed by atoms with Crippen molar-refractivity contribution in [3.63, 3.8) is 0 Å². The van der Waals surface area contributed by atoms with Crippen LogP contribution < -0.4 is 5.56 Å². The highest BCUT2D eigenvalue weighted by Crippen LogP contribution is 2.23. The number of hydrogen-bond donors (Lipinski definition) is 0. The molecule has 0 aliphatic carbocycles. The van der Waals surface area contributed by atoms with Crippen LogP contribution in [0.1, 0.15) is 27.5 Å². The first-order valence-corrected chi connectivity index (χ1v) is 10.9.